The maximum atomic E-state index is 13.1. The summed E-state index contributed by atoms with van der Waals surface area (Å²) >= 11 is 1.75. The molecule has 1 fully saturated rings. The van der Waals surface area contributed by atoms with Gasteiger partial charge in [0.1, 0.15) is 0 Å². The van der Waals surface area contributed by atoms with Gasteiger partial charge in [-0.1, -0.05) is 36.4 Å². The second-order valence-corrected chi connectivity index (χ2v) is 9.02. The molecule has 3 aromatic rings. The molecule has 1 aliphatic rings. The Kier molecular flexibility index (Phi) is 5.93. The lowest BCUT2D eigenvalue weighted by atomic mass is 9.97. The Morgan fingerprint density at radius 2 is 1.93 bits per heavy atom. The number of carbonyl (C=O) groups is 1. The molecule has 0 saturated carbocycles. The van der Waals surface area contributed by atoms with E-state index in [1.54, 1.807) is 11.8 Å². The molecule has 1 aliphatic heterocycles. The molecule has 1 unspecified atom stereocenters. The van der Waals surface area contributed by atoms with Crippen LogP contribution in [0.25, 0.3) is 21.9 Å². The molecule has 29 heavy (non-hydrogen) atoms. The van der Waals surface area contributed by atoms with Gasteiger partial charge in [0.25, 0.3) is 5.91 Å². The molecule has 0 radical (unpaired) electrons. The number of nitrogens with zero attached hydrogens (tertiary/aromatic N) is 2. The number of benzene rings is 3. The fourth-order valence-electron chi connectivity index (χ4n) is 4.32. The van der Waals surface area contributed by atoms with Crippen molar-refractivity contribution in [3.8, 4) is 11.1 Å². The van der Waals surface area contributed by atoms with Crippen LogP contribution in [0.3, 0.4) is 0 Å². The molecular formula is C25H28N2OS. The predicted octanol–water partition coefficient (Wildman–Crippen LogP) is 5.25. The van der Waals surface area contributed by atoms with Crippen molar-refractivity contribution >= 4 is 28.4 Å². The first kappa shape index (κ1) is 20.0. The van der Waals surface area contributed by atoms with Gasteiger partial charge in [0.15, 0.2) is 0 Å². The zero-order chi connectivity index (χ0) is 20.4. The van der Waals surface area contributed by atoms with E-state index in [0.29, 0.717) is 5.92 Å². The molecule has 150 valence electrons. The topological polar surface area (TPSA) is 23.6 Å². The minimum atomic E-state index is 0.155. The second kappa shape index (κ2) is 8.60. The molecule has 0 aromatic heterocycles. The highest BCUT2D eigenvalue weighted by atomic mass is 32.2. The maximum absolute atomic E-state index is 13.1. The lowest BCUT2D eigenvalue weighted by Gasteiger charge is -2.19. The fourth-order valence-corrected chi connectivity index (χ4v) is 4.78. The molecule has 1 atom stereocenters. The Bertz CT molecular complexity index is 1030. The van der Waals surface area contributed by atoms with E-state index in [-0.39, 0.29) is 5.91 Å². The van der Waals surface area contributed by atoms with Gasteiger partial charge in [-0.05, 0) is 78.9 Å². The highest BCUT2D eigenvalue weighted by Crippen LogP contribution is 2.32. The third-order valence-corrected chi connectivity index (χ3v) is 6.43. The van der Waals surface area contributed by atoms with E-state index in [9.17, 15) is 4.79 Å². The number of hydrogen-bond donors (Lipinski definition) is 0. The first-order chi connectivity index (χ1) is 14.0. The number of likely N-dealkylation sites (tertiary alicyclic amines) is 1. The maximum Gasteiger partial charge on any atom is 0.253 e. The van der Waals surface area contributed by atoms with Crippen LogP contribution in [0.1, 0.15) is 16.8 Å². The number of thioether (sulfide) groups is 1. The minimum absolute atomic E-state index is 0.155. The quantitative estimate of drug-likeness (QED) is 0.543. The van der Waals surface area contributed by atoms with E-state index < -0.39 is 0 Å². The Labute approximate surface area is 177 Å². The smallest absolute Gasteiger partial charge is 0.253 e. The summed E-state index contributed by atoms with van der Waals surface area (Å²) < 4.78 is 0. The van der Waals surface area contributed by atoms with E-state index in [2.05, 4.69) is 79.8 Å². The lowest BCUT2D eigenvalue weighted by Crippen LogP contribution is -2.30. The van der Waals surface area contributed by atoms with Crippen molar-refractivity contribution in [3.63, 3.8) is 0 Å². The first-order valence-electron chi connectivity index (χ1n) is 10.2. The Morgan fingerprint density at radius 1 is 1.10 bits per heavy atom. The van der Waals surface area contributed by atoms with Gasteiger partial charge >= 0.3 is 0 Å². The molecule has 3 nitrogen and oxygen atoms in total. The zero-order valence-corrected chi connectivity index (χ0v) is 18.2. The van der Waals surface area contributed by atoms with Crippen LogP contribution in [0.15, 0.2) is 65.6 Å². The molecule has 3 aromatic carbocycles. The number of amides is 1. The summed E-state index contributed by atoms with van der Waals surface area (Å²) in [4.78, 5) is 18.6. The van der Waals surface area contributed by atoms with E-state index in [1.165, 1.54) is 21.4 Å². The highest BCUT2D eigenvalue weighted by molar-refractivity contribution is 7.98. The lowest BCUT2D eigenvalue weighted by molar-refractivity contribution is 0.0785. The number of rotatable bonds is 5. The van der Waals surface area contributed by atoms with Crippen molar-refractivity contribution in [2.24, 2.45) is 5.92 Å². The minimum Gasteiger partial charge on any atom is -0.338 e. The zero-order valence-electron chi connectivity index (χ0n) is 17.4. The monoisotopic (exact) mass is 404 g/mol. The average molecular weight is 405 g/mol. The number of hydrogen-bond acceptors (Lipinski definition) is 3. The first-order valence-corrected chi connectivity index (χ1v) is 11.4. The Balaban J connectivity index is 1.61. The summed E-state index contributed by atoms with van der Waals surface area (Å²) in [5.74, 6) is 0.729. The van der Waals surface area contributed by atoms with Crippen LogP contribution in [0.5, 0.6) is 0 Å². The van der Waals surface area contributed by atoms with Crippen LogP contribution in [0, 0.1) is 5.92 Å². The van der Waals surface area contributed by atoms with Crippen molar-refractivity contribution in [1.29, 1.82) is 0 Å². The Hall–Kier alpha value is -2.30. The van der Waals surface area contributed by atoms with Gasteiger partial charge in [0.2, 0.25) is 0 Å². The van der Waals surface area contributed by atoms with Crippen LogP contribution < -0.4 is 0 Å². The molecular weight excluding hydrogens is 376 g/mol. The van der Waals surface area contributed by atoms with Crippen LogP contribution >= 0.6 is 11.8 Å². The van der Waals surface area contributed by atoms with Gasteiger partial charge < -0.3 is 9.80 Å². The molecule has 0 aliphatic carbocycles. The SMILES string of the molecule is CSc1cccc(-c2cccc3cc(C(=O)N4CCC(CN(C)C)C4)ccc23)c1. The van der Waals surface area contributed by atoms with E-state index in [0.717, 1.165) is 37.0 Å². The number of carbonyl (C=O) groups excluding carboxylic acids is 1. The molecule has 1 saturated heterocycles. The summed E-state index contributed by atoms with van der Waals surface area (Å²) in [6, 6.07) is 21.1. The van der Waals surface area contributed by atoms with Crippen molar-refractivity contribution in [2.75, 3.05) is 40.0 Å². The van der Waals surface area contributed by atoms with E-state index >= 15 is 0 Å². The third kappa shape index (κ3) is 4.34. The van der Waals surface area contributed by atoms with Gasteiger partial charge in [0, 0.05) is 30.1 Å². The van der Waals surface area contributed by atoms with Crippen molar-refractivity contribution < 1.29 is 4.79 Å². The van der Waals surface area contributed by atoms with Crippen LogP contribution in [-0.4, -0.2) is 55.7 Å². The number of fused-ring (bicyclic) bond motifs is 1. The largest absolute Gasteiger partial charge is 0.338 e. The van der Waals surface area contributed by atoms with Gasteiger partial charge in [-0.25, -0.2) is 0 Å². The summed E-state index contributed by atoms with van der Waals surface area (Å²) in [5, 5.41) is 2.31. The predicted molar refractivity (Wildman–Crippen MR) is 124 cm³/mol. The highest BCUT2D eigenvalue weighted by Gasteiger charge is 2.27. The molecule has 0 bridgehead atoms. The fraction of sp³-hybridized carbons (Fsp3) is 0.320. The molecule has 1 heterocycles. The molecule has 1 amide bonds. The van der Waals surface area contributed by atoms with Crippen molar-refractivity contribution in [1.82, 2.24) is 9.80 Å². The third-order valence-electron chi connectivity index (χ3n) is 5.70. The normalized spacial score (nSPS) is 16.7. The van der Waals surface area contributed by atoms with Crippen LogP contribution in [0.4, 0.5) is 0 Å². The van der Waals surface area contributed by atoms with Crippen LogP contribution in [0.2, 0.25) is 0 Å². The molecule has 4 rings (SSSR count). The van der Waals surface area contributed by atoms with Gasteiger partial charge in [-0.15, -0.1) is 11.8 Å². The standard InChI is InChI=1S/C25H28N2OS/c1-26(2)16-18-12-13-27(17-18)25(28)21-10-11-24-19(14-21)7-5-9-23(24)20-6-4-8-22(15-20)29-3/h4-11,14-15,18H,12-13,16-17H2,1-3H3. The van der Waals surface area contributed by atoms with E-state index in [1.807, 2.05) is 11.0 Å². The summed E-state index contributed by atoms with van der Waals surface area (Å²) in [5.41, 5.74) is 3.22. The summed E-state index contributed by atoms with van der Waals surface area (Å²) in [6.45, 7) is 2.76. The summed E-state index contributed by atoms with van der Waals surface area (Å²) in [7, 11) is 4.20. The molecule has 0 N–H and O–H groups in total. The summed E-state index contributed by atoms with van der Waals surface area (Å²) in [6.07, 6.45) is 3.19. The van der Waals surface area contributed by atoms with Crippen molar-refractivity contribution in [2.45, 2.75) is 11.3 Å². The van der Waals surface area contributed by atoms with Gasteiger partial charge in [-0.3, -0.25) is 4.79 Å². The average Bonchev–Trinajstić information content (AvgIpc) is 3.20. The van der Waals surface area contributed by atoms with E-state index in [4.69, 9.17) is 0 Å². The van der Waals surface area contributed by atoms with Crippen LogP contribution in [-0.2, 0) is 0 Å². The van der Waals surface area contributed by atoms with Gasteiger partial charge in [0.05, 0.1) is 0 Å². The second-order valence-electron chi connectivity index (χ2n) is 8.14. The molecule has 0 spiro atoms. The van der Waals surface area contributed by atoms with Crippen molar-refractivity contribution in [3.05, 3.63) is 66.2 Å². The van der Waals surface area contributed by atoms with Gasteiger partial charge in [-0.2, -0.15) is 0 Å². The molecule has 4 heteroatoms. The Morgan fingerprint density at radius 3 is 2.72 bits per heavy atom.